The van der Waals surface area contributed by atoms with Crippen LogP contribution in [0.25, 0.3) is 0 Å². The zero-order valence-corrected chi connectivity index (χ0v) is 14.1. The number of unbranched alkanes of at least 4 members (excludes halogenated alkanes) is 2. The van der Waals surface area contributed by atoms with Crippen molar-refractivity contribution in [1.29, 1.82) is 0 Å². The predicted octanol–water partition coefficient (Wildman–Crippen LogP) is 4.41. The van der Waals surface area contributed by atoms with Crippen molar-refractivity contribution in [3.8, 4) is 0 Å². The standard InChI is InChI=1S/C14H25BrN2S/c1-4-5-6-7-17(11(2)3)14(8-16)12-9-18-10-13(12)15/h9-11,14H,4-8,16H2,1-3H3. The van der Waals surface area contributed by atoms with Crippen LogP contribution in [0.15, 0.2) is 15.2 Å². The molecular formula is C14H25BrN2S. The molecule has 2 nitrogen and oxygen atoms in total. The normalized spacial score (nSPS) is 13.5. The number of nitrogens with two attached hydrogens (primary N) is 1. The van der Waals surface area contributed by atoms with Crippen molar-refractivity contribution in [2.24, 2.45) is 5.73 Å². The first kappa shape index (κ1) is 16.2. The average molecular weight is 333 g/mol. The van der Waals surface area contributed by atoms with Gasteiger partial charge in [-0.15, -0.1) is 0 Å². The van der Waals surface area contributed by atoms with Gasteiger partial charge in [-0.3, -0.25) is 4.90 Å². The quantitative estimate of drug-likeness (QED) is 0.714. The van der Waals surface area contributed by atoms with Crippen LogP contribution in [0.2, 0.25) is 0 Å². The van der Waals surface area contributed by atoms with E-state index in [1.54, 1.807) is 11.3 Å². The molecular weight excluding hydrogens is 308 g/mol. The molecule has 2 N–H and O–H groups in total. The second-order valence-electron chi connectivity index (χ2n) is 4.97. The minimum Gasteiger partial charge on any atom is -0.329 e. The lowest BCUT2D eigenvalue weighted by Crippen LogP contribution is -2.39. The van der Waals surface area contributed by atoms with Crippen molar-refractivity contribution in [2.45, 2.75) is 52.1 Å². The summed E-state index contributed by atoms with van der Waals surface area (Å²) in [5.74, 6) is 0. The first-order valence-electron chi connectivity index (χ1n) is 6.79. The van der Waals surface area contributed by atoms with Crippen LogP contribution in [-0.2, 0) is 0 Å². The van der Waals surface area contributed by atoms with Gasteiger partial charge in [-0.1, -0.05) is 19.8 Å². The van der Waals surface area contributed by atoms with Gasteiger partial charge in [-0.25, -0.2) is 0 Å². The topological polar surface area (TPSA) is 29.3 Å². The van der Waals surface area contributed by atoms with E-state index in [1.165, 1.54) is 29.3 Å². The smallest absolute Gasteiger partial charge is 0.0492 e. The maximum atomic E-state index is 6.02. The van der Waals surface area contributed by atoms with Crippen LogP contribution in [0.3, 0.4) is 0 Å². The summed E-state index contributed by atoms with van der Waals surface area (Å²) in [6, 6.07) is 0.865. The van der Waals surface area contributed by atoms with Gasteiger partial charge in [0.15, 0.2) is 0 Å². The Balaban J connectivity index is 2.78. The zero-order chi connectivity index (χ0) is 13.5. The molecule has 0 aromatic carbocycles. The molecule has 0 radical (unpaired) electrons. The Morgan fingerprint density at radius 2 is 2.06 bits per heavy atom. The van der Waals surface area contributed by atoms with Crippen LogP contribution < -0.4 is 5.73 Å². The summed E-state index contributed by atoms with van der Waals surface area (Å²) in [6.45, 7) is 8.58. The fraction of sp³-hybridized carbons (Fsp3) is 0.714. The molecule has 104 valence electrons. The van der Waals surface area contributed by atoms with Crippen LogP contribution in [0, 0.1) is 0 Å². The van der Waals surface area contributed by atoms with E-state index in [-0.39, 0.29) is 0 Å². The Morgan fingerprint density at radius 3 is 2.50 bits per heavy atom. The van der Waals surface area contributed by atoms with Gasteiger partial charge in [-0.05, 0) is 53.7 Å². The lowest BCUT2D eigenvalue weighted by Gasteiger charge is -2.34. The summed E-state index contributed by atoms with van der Waals surface area (Å²) < 4.78 is 1.20. The highest BCUT2D eigenvalue weighted by molar-refractivity contribution is 9.10. The van der Waals surface area contributed by atoms with E-state index in [0.717, 1.165) is 6.54 Å². The molecule has 0 saturated carbocycles. The molecule has 1 unspecified atom stereocenters. The maximum absolute atomic E-state index is 6.02. The van der Waals surface area contributed by atoms with E-state index in [9.17, 15) is 0 Å². The molecule has 4 heteroatoms. The van der Waals surface area contributed by atoms with Crippen LogP contribution in [0.5, 0.6) is 0 Å². The van der Waals surface area contributed by atoms with Crippen LogP contribution >= 0.6 is 27.3 Å². The summed E-state index contributed by atoms with van der Waals surface area (Å²) in [6.07, 6.45) is 3.82. The number of rotatable bonds is 8. The third-order valence-corrected chi connectivity index (χ3v) is 5.06. The second-order valence-corrected chi connectivity index (χ2v) is 6.56. The summed E-state index contributed by atoms with van der Waals surface area (Å²) in [4.78, 5) is 2.53. The molecule has 0 bridgehead atoms. The summed E-state index contributed by atoms with van der Waals surface area (Å²) in [5, 5.41) is 4.36. The van der Waals surface area contributed by atoms with Crippen LogP contribution in [-0.4, -0.2) is 24.0 Å². The molecule has 1 aromatic heterocycles. The van der Waals surface area contributed by atoms with Crippen molar-refractivity contribution in [2.75, 3.05) is 13.1 Å². The SMILES string of the molecule is CCCCCN(C(C)C)C(CN)c1cscc1Br. The molecule has 18 heavy (non-hydrogen) atoms. The molecule has 1 atom stereocenters. The van der Waals surface area contributed by atoms with Gasteiger partial charge in [0.05, 0.1) is 0 Å². The van der Waals surface area contributed by atoms with Gasteiger partial charge in [-0.2, -0.15) is 11.3 Å². The van der Waals surface area contributed by atoms with Gasteiger partial charge >= 0.3 is 0 Å². The molecule has 1 aromatic rings. The molecule has 0 aliphatic rings. The number of hydrogen-bond acceptors (Lipinski definition) is 3. The van der Waals surface area contributed by atoms with Crippen LogP contribution in [0.4, 0.5) is 0 Å². The Morgan fingerprint density at radius 1 is 1.33 bits per heavy atom. The summed E-state index contributed by atoms with van der Waals surface area (Å²) in [7, 11) is 0. The fourth-order valence-electron chi connectivity index (χ4n) is 2.29. The van der Waals surface area contributed by atoms with Crippen molar-refractivity contribution in [1.82, 2.24) is 4.90 Å². The molecule has 0 saturated heterocycles. The maximum Gasteiger partial charge on any atom is 0.0492 e. The Bertz CT molecular complexity index is 338. The average Bonchev–Trinajstić information content (AvgIpc) is 2.74. The molecule has 0 amide bonds. The molecule has 1 rings (SSSR count). The highest BCUT2D eigenvalue weighted by Crippen LogP contribution is 2.31. The van der Waals surface area contributed by atoms with E-state index in [4.69, 9.17) is 5.73 Å². The van der Waals surface area contributed by atoms with Crippen molar-refractivity contribution in [3.63, 3.8) is 0 Å². The number of nitrogens with zero attached hydrogens (tertiary/aromatic N) is 1. The lowest BCUT2D eigenvalue weighted by molar-refractivity contribution is 0.153. The lowest BCUT2D eigenvalue weighted by atomic mass is 10.1. The monoisotopic (exact) mass is 332 g/mol. The molecule has 1 heterocycles. The van der Waals surface area contributed by atoms with Crippen molar-refractivity contribution >= 4 is 27.3 Å². The first-order valence-corrected chi connectivity index (χ1v) is 8.52. The van der Waals surface area contributed by atoms with E-state index in [2.05, 4.69) is 52.4 Å². The second kappa shape index (κ2) is 8.31. The molecule has 0 aliphatic heterocycles. The Kier molecular flexibility index (Phi) is 7.46. The number of halogens is 1. The largest absolute Gasteiger partial charge is 0.329 e. The minimum atomic E-state index is 0.336. The molecule has 0 fully saturated rings. The summed E-state index contributed by atoms with van der Waals surface area (Å²) >= 11 is 5.37. The van der Waals surface area contributed by atoms with E-state index in [1.807, 2.05) is 0 Å². The fourth-order valence-corrected chi connectivity index (χ4v) is 3.90. The Hall–Kier alpha value is 0.100. The number of thiophene rings is 1. The Labute approximate surface area is 124 Å². The third-order valence-electron chi connectivity index (χ3n) is 3.31. The highest BCUT2D eigenvalue weighted by Gasteiger charge is 2.23. The number of hydrogen-bond donors (Lipinski definition) is 1. The van der Waals surface area contributed by atoms with E-state index in [0.29, 0.717) is 18.6 Å². The van der Waals surface area contributed by atoms with Gasteiger partial charge in [0, 0.05) is 28.5 Å². The van der Waals surface area contributed by atoms with E-state index >= 15 is 0 Å². The van der Waals surface area contributed by atoms with Crippen molar-refractivity contribution in [3.05, 3.63) is 20.8 Å². The first-order chi connectivity index (χ1) is 8.61. The molecule has 0 spiro atoms. The van der Waals surface area contributed by atoms with Gasteiger partial charge in [0.25, 0.3) is 0 Å². The third kappa shape index (κ3) is 4.34. The van der Waals surface area contributed by atoms with Gasteiger partial charge in [0.1, 0.15) is 0 Å². The minimum absolute atomic E-state index is 0.336. The molecule has 0 aliphatic carbocycles. The highest BCUT2D eigenvalue weighted by atomic mass is 79.9. The van der Waals surface area contributed by atoms with E-state index < -0.39 is 0 Å². The predicted molar refractivity (Wildman–Crippen MR) is 85.2 cm³/mol. The summed E-state index contributed by atoms with van der Waals surface area (Å²) in [5.41, 5.74) is 7.36. The van der Waals surface area contributed by atoms with Gasteiger partial charge < -0.3 is 5.73 Å². The van der Waals surface area contributed by atoms with Gasteiger partial charge in [0.2, 0.25) is 0 Å². The van der Waals surface area contributed by atoms with Crippen LogP contribution in [0.1, 0.15) is 51.6 Å². The zero-order valence-electron chi connectivity index (χ0n) is 11.7. The van der Waals surface area contributed by atoms with Crippen molar-refractivity contribution < 1.29 is 0 Å².